The Morgan fingerprint density at radius 1 is 1.35 bits per heavy atom. The van der Waals surface area contributed by atoms with Gasteiger partial charge in [0.25, 0.3) is 5.91 Å². The summed E-state index contributed by atoms with van der Waals surface area (Å²) in [5.41, 5.74) is 2.09. The first kappa shape index (κ1) is 22.4. The van der Waals surface area contributed by atoms with E-state index in [9.17, 15) is 14.9 Å². The molecule has 164 valence electrons. The van der Waals surface area contributed by atoms with Crippen LogP contribution >= 0.6 is 0 Å². The molecular weight excluding hydrogens is 394 g/mol. The number of hydrogen-bond donors (Lipinski definition) is 1. The van der Waals surface area contributed by atoms with E-state index in [4.69, 9.17) is 9.15 Å². The highest BCUT2D eigenvalue weighted by molar-refractivity contribution is 5.90. The molecule has 1 unspecified atom stereocenters. The van der Waals surface area contributed by atoms with Gasteiger partial charge in [0, 0.05) is 17.5 Å². The van der Waals surface area contributed by atoms with Gasteiger partial charge in [0.05, 0.1) is 18.9 Å². The topological polar surface area (TPSA) is 97.3 Å². The number of aryl methyl sites for hydroxylation is 1. The molecule has 1 aliphatic carbocycles. The molecule has 31 heavy (non-hydrogen) atoms. The van der Waals surface area contributed by atoms with E-state index in [1.807, 2.05) is 32.0 Å². The molecule has 0 bridgehead atoms. The van der Waals surface area contributed by atoms with Gasteiger partial charge in [0.1, 0.15) is 11.3 Å². The molecule has 7 nitrogen and oxygen atoms in total. The Labute approximate surface area is 182 Å². The molecule has 3 rings (SSSR count). The Bertz CT molecular complexity index is 989. The highest BCUT2D eigenvalue weighted by Crippen LogP contribution is 2.27. The molecule has 0 spiro atoms. The smallest absolute Gasteiger partial charge is 0.331 e. The van der Waals surface area contributed by atoms with E-state index < -0.39 is 23.5 Å². The van der Waals surface area contributed by atoms with Crippen molar-refractivity contribution in [2.24, 2.45) is 0 Å². The van der Waals surface area contributed by atoms with Crippen LogP contribution in [0.5, 0.6) is 0 Å². The molecule has 2 aromatic rings. The molecule has 7 heteroatoms. The van der Waals surface area contributed by atoms with Crippen LogP contribution in [0, 0.1) is 25.2 Å². The molecule has 0 aromatic carbocycles. The zero-order valence-corrected chi connectivity index (χ0v) is 18.3. The molecule has 0 radical (unpaired) electrons. The normalized spacial score (nSPS) is 16.6. The van der Waals surface area contributed by atoms with E-state index in [0.29, 0.717) is 19.4 Å². The Kier molecular flexibility index (Phi) is 7.01. The summed E-state index contributed by atoms with van der Waals surface area (Å²) in [6.45, 7) is 6.10. The minimum absolute atomic E-state index is 0.443. The van der Waals surface area contributed by atoms with Gasteiger partial charge in [-0.3, -0.25) is 4.79 Å². The molecule has 2 heterocycles. The molecule has 0 aliphatic heterocycles. The molecule has 1 aliphatic rings. The van der Waals surface area contributed by atoms with Crippen LogP contribution in [-0.2, 0) is 20.9 Å². The number of ether oxygens (including phenoxy) is 1. The van der Waals surface area contributed by atoms with Crippen molar-refractivity contribution < 1.29 is 18.7 Å². The Hall–Kier alpha value is -3.27. The number of amides is 1. The van der Waals surface area contributed by atoms with Gasteiger partial charge >= 0.3 is 5.97 Å². The van der Waals surface area contributed by atoms with Gasteiger partial charge in [-0.1, -0.05) is 19.3 Å². The summed E-state index contributed by atoms with van der Waals surface area (Å²) in [6, 6.07) is 7.99. The number of rotatable bonds is 7. The predicted molar refractivity (Wildman–Crippen MR) is 116 cm³/mol. The van der Waals surface area contributed by atoms with Gasteiger partial charge in [0.2, 0.25) is 0 Å². The summed E-state index contributed by atoms with van der Waals surface area (Å²) < 4.78 is 12.8. The fourth-order valence-electron chi connectivity index (χ4n) is 3.98. The number of carbonyl (C=O) groups is 2. The minimum Gasteiger partial charge on any atom is -0.467 e. The van der Waals surface area contributed by atoms with Gasteiger partial charge in [-0.15, -0.1) is 0 Å². The second kappa shape index (κ2) is 9.69. The van der Waals surface area contributed by atoms with Crippen LogP contribution in [0.1, 0.15) is 61.7 Å². The molecule has 1 atom stereocenters. The van der Waals surface area contributed by atoms with Crippen LogP contribution in [0.4, 0.5) is 0 Å². The van der Waals surface area contributed by atoms with Crippen LogP contribution in [0.15, 0.2) is 35.0 Å². The summed E-state index contributed by atoms with van der Waals surface area (Å²) in [7, 11) is 0. The van der Waals surface area contributed by atoms with Gasteiger partial charge in [-0.25, -0.2) is 4.79 Å². The lowest BCUT2D eigenvalue weighted by Crippen LogP contribution is -2.52. The van der Waals surface area contributed by atoms with Crippen molar-refractivity contribution >= 4 is 18.0 Å². The first-order valence-corrected chi connectivity index (χ1v) is 10.6. The van der Waals surface area contributed by atoms with Crippen molar-refractivity contribution in [2.75, 3.05) is 0 Å². The van der Waals surface area contributed by atoms with E-state index in [1.54, 1.807) is 12.3 Å². The van der Waals surface area contributed by atoms with E-state index in [2.05, 4.69) is 16.0 Å². The van der Waals surface area contributed by atoms with Crippen LogP contribution < -0.4 is 5.32 Å². The maximum atomic E-state index is 12.5. The highest BCUT2D eigenvalue weighted by Gasteiger charge is 2.35. The maximum Gasteiger partial charge on any atom is 0.331 e. The average molecular weight is 424 g/mol. The number of nitrogens with zero attached hydrogens (tertiary/aromatic N) is 2. The monoisotopic (exact) mass is 423 g/mol. The van der Waals surface area contributed by atoms with Crippen molar-refractivity contribution in [3.8, 4) is 6.07 Å². The minimum atomic E-state index is -0.976. The average Bonchev–Trinajstić information content (AvgIpc) is 3.36. The molecular formula is C24H29N3O4. The summed E-state index contributed by atoms with van der Waals surface area (Å²) in [6.07, 6.45) is 7.81. The summed E-state index contributed by atoms with van der Waals surface area (Å²) in [4.78, 5) is 24.7. The quantitative estimate of drug-likeness (QED) is 0.536. The third-order valence-electron chi connectivity index (χ3n) is 5.85. The number of nitrogens with one attached hydrogen (secondary N) is 1. The van der Waals surface area contributed by atoms with E-state index in [0.717, 1.165) is 42.0 Å². The largest absolute Gasteiger partial charge is 0.467 e. The molecule has 1 N–H and O–H groups in total. The van der Waals surface area contributed by atoms with Crippen molar-refractivity contribution in [3.63, 3.8) is 0 Å². The Morgan fingerprint density at radius 2 is 2.10 bits per heavy atom. The fourth-order valence-corrected chi connectivity index (χ4v) is 3.98. The SMILES string of the molecule is Cc1cc(C=CC(=O)OC(C)C(=O)NC2(C#N)CCCCC2)c(C)n1Cc1ccco1. The van der Waals surface area contributed by atoms with E-state index in [-0.39, 0.29) is 0 Å². The fraction of sp³-hybridized carbons (Fsp3) is 0.458. The first-order chi connectivity index (χ1) is 14.8. The van der Waals surface area contributed by atoms with Crippen LogP contribution in [0.2, 0.25) is 0 Å². The van der Waals surface area contributed by atoms with E-state index in [1.165, 1.54) is 13.0 Å². The highest BCUT2D eigenvalue weighted by atomic mass is 16.5. The molecule has 0 saturated heterocycles. The summed E-state index contributed by atoms with van der Waals surface area (Å²) in [5, 5.41) is 12.3. The third kappa shape index (κ3) is 5.46. The number of carbonyl (C=O) groups excluding carboxylic acids is 2. The van der Waals surface area contributed by atoms with Gasteiger partial charge in [-0.2, -0.15) is 5.26 Å². The predicted octanol–water partition coefficient (Wildman–Crippen LogP) is 4.03. The van der Waals surface area contributed by atoms with Crippen LogP contribution in [0.25, 0.3) is 6.08 Å². The lowest BCUT2D eigenvalue weighted by molar-refractivity contribution is -0.150. The van der Waals surface area contributed by atoms with Crippen molar-refractivity contribution in [1.29, 1.82) is 5.26 Å². The van der Waals surface area contributed by atoms with Crippen molar-refractivity contribution in [3.05, 3.63) is 53.2 Å². The lowest BCUT2D eigenvalue weighted by atomic mass is 9.83. The number of furan rings is 1. The lowest BCUT2D eigenvalue weighted by Gasteiger charge is -2.32. The molecule has 1 amide bonds. The summed E-state index contributed by atoms with van der Waals surface area (Å²) in [5.74, 6) is -0.195. The van der Waals surface area contributed by atoms with E-state index >= 15 is 0 Å². The summed E-state index contributed by atoms with van der Waals surface area (Å²) >= 11 is 0. The van der Waals surface area contributed by atoms with Crippen molar-refractivity contribution in [1.82, 2.24) is 9.88 Å². The Morgan fingerprint density at radius 3 is 2.74 bits per heavy atom. The van der Waals surface area contributed by atoms with Gasteiger partial charge in [0.15, 0.2) is 6.10 Å². The zero-order chi connectivity index (χ0) is 22.4. The standard InChI is InChI=1S/C24H29N3O4/c1-17-14-20(18(2)27(17)15-21-8-7-13-30-21)9-10-22(28)31-19(3)23(29)26-24(16-25)11-5-4-6-12-24/h7-10,13-14,19H,4-6,11-12,15H2,1-3H3,(H,26,29). The van der Waals surface area contributed by atoms with Crippen molar-refractivity contribution in [2.45, 2.75) is 71.1 Å². The number of aromatic nitrogens is 1. The third-order valence-corrected chi connectivity index (χ3v) is 5.85. The van der Waals surface area contributed by atoms with Crippen LogP contribution in [0.3, 0.4) is 0 Å². The Balaban J connectivity index is 1.59. The maximum absolute atomic E-state index is 12.5. The second-order valence-corrected chi connectivity index (χ2v) is 8.15. The molecule has 1 fully saturated rings. The number of esters is 1. The van der Waals surface area contributed by atoms with Gasteiger partial charge < -0.3 is 19.0 Å². The molecule has 2 aromatic heterocycles. The van der Waals surface area contributed by atoms with Gasteiger partial charge in [-0.05, 0) is 63.5 Å². The molecule has 1 saturated carbocycles. The number of nitriles is 1. The first-order valence-electron chi connectivity index (χ1n) is 10.6. The number of hydrogen-bond acceptors (Lipinski definition) is 5. The second-order valence-electron chi connectivity index (χ2n) is 8.15. The van der Waals surface area contributed by atoms with Crippen LogP contribution in [-0.4, -0.2) is 28.1 Å². The zero-order valence-electron chi connectivity index (χ0n) is 18.3.